The summed E-state index contributed by atoms with van der Waals surface area (Å²) in [6.45, 7) is 0. The lowest BCUT2D eigenvalue weighted by molar-refractivity contribution is -0.0569. The molecule has 12 heavy (non-hydrogen) atoms. The molecule has 3 nitrogen and oxygen atoms in total. The largest absolute Gasteiger partial charge is 0.328 e. The molecule has 0 bridgehead atoms. The molecular weight excluding hydrogens is 152 g/mol. The van der Waals surface area contributed by atoms with Crippen molar-refractivity contribution in [1.29, 1.82) is 0 Å². The summed E-state index contributed by atoms with van der Waals surface area (Å²) < 4.78 is 0. The summed E-state index contributed by atoms with van der Waals surface area (Å²) in [5.74, 6) is 0. The number of rotatable bonds is 3. The quantitative estimate of drug-likeness (QED) is 0.620. The Kier molecular flexibility index (Phi) is 2.63. The Labute approximate surface area is 73.6 Å². The smallest absolute Gasteiger partial charge is 0.0790 e. The molecule has 70 valence electrons. The van der Waals surface area contributed by atoms with Gasteiger partial charge in [0.15, 0.2) is 0 Å². The number of nitrogens with one attached hydrogen (secondary N) is 1. The molecule has 0 heterocycles. The van der Waals surface area contributed by atoms with Crippen LogP contribution in [-0.4, -0.2) is 18.2 Å². The summed E-state index contributed by atoms with van der Waals surface area (Å²) in [6.07, 6.45) is 7.74. The van der Waals surface area contributed by atoms with Gasteiger partial charge in [0, 0.05) is 12.1 Å². The Hall–Kier alpha value is -0.120. The normalized spacial score (nSPS) is 36.8. The number of hydrogen-bond donors (Lipinski definition) is 2. The van der Waals surface area contributed by atoms with Gasteiger partial charge in [-0.2, -0.15) is 5.48 Å². The molecule has 2 aliphatic carbocycles. The van der Waals surface area contributed by atoms with Crippen LogP contribution in [-0.2, 0) is 4.84 Å². The van der Waals surface area contributed by atoms with Crippen LogP contribution in [0.15, 0.2) is 0 Å². The lowest BCUT2D eigenvalue weighted by atomic mass is 9.88. The van der Waals surface area contributed by atoms with Crippen LogP contribution in [0.1, 0.15) is 38.5 Å². The summed E-state index contributed by atoms with van der Waals surface area (Å²) in [7, 11) is 0. The first-order valence-corrected chi connectivity index (χ1v) is 5.01. The molecule has 2 aliphatic rings. The van der Waals surface area contributed by atoms with Crippen molar-refractivity contribution < 1.29 is 4.84 Å². The van der Waals surface area contributed by atoms with Gasteiger partial charge in [0.2, 0.25) is 0 Å². The molecule has 0 aromatic carbocycles. The lowest BCUT2D eigenvalue weighted by Crippen LogP contribution is -2.49. The summed E-state index contributed by atoms with van der Waals surface area (Å²) in [6, 6.07) is 0.940. The standard InChI is InChI=1S/C9H18N2O/c10-7-5-8(6-7)11-12-9-3-1-2-4-9/h7-9,11H,1-6,10H2. The first-order valence-electron chi connectivity index (χ1n) is 5.01. The Morgan fingerprint density at radius 3 is 2.42 bits per heavy atom. The first kappa shape index (κ1) is 8.48. The average Bonchev–Trinajstić information content (AvgIpc) is 2.47. The third-order valence-electron chi connectivity index (χ3n) is 2.88. The van der Waals surface area contributed by atoms with Gasteiger partial charge in [0.05, 0.1) is 6.10 Å². The van der Waals surface area contributed by atoms with Crippen LogP contribution in [0.3, 0.4) is 0 Å². The molecule has 0 aliphatic heterocycles. The zero-order valence-electron chi connectivity index (χ0n) is 7.46. The molecule has 2 fully saturated rings. The second-order valence-corrected chi connectivity index (χ2v) is 4.07. The van der Waals surface area contributed by atoms with Crippen molar-refractivity contribution in [2.45, 2.75) is 56.7 Å². The van der Waals surface area contributed by atoms with Gasteiger partial charge in [0.25, 0.3) is 0 Å². The summed E-state index contributed by atoms with van der Waals surface area (Å²) in [5.41, 5.74) is 8.77. The van der Waals surface area contributed by atoms with Gasteiger partial charge in [-0.3, -0.25) is 4.84 Å². The van der Waals surface area contributed by atoms with Gasteiger partial charge in [0.1, 0.15) is 0 Å². The van der Waals surface area contributed by atoms with Gasteiger partial charge in [-0.1, -0.05) is 12.8 Å². The van der Waals surface area contributed by atoms with Gasteiger partial charge in [-0.05, 0) is 25.7 Å². The number of nitrogens with two attached hydrogens (primary N) is 1. The van der Waals surface area contributed by atoms with Crippen LogP contribution in [0.2, 0.25) is 0 Å². The molecule has 2 rings (SSSR count). The van der Waals surface area contributed by atoms with E-state index in [4.69, 9.17) is 10.6 Å². The van der Waals surface area contributed by atoms with Crippen LogP contribution in [0.4, 0.5) is 0 Å². The minimum absolute atomic E-state index is 0.412. The third-order valence-corrected chi connectivity index (χ3v) is 2.88. The maximum Gasteiger partial charge on any atom is 0.0790 e. The summed E-state index contributed by atoms with van der Waals surface area (Å²) in [4.78, 5) is 5.55. The van der Waals surface area contributed by atoms with Crippen LogP contribution >= 0.6 is 0 Å². The second-order valence-electron chi connectivity index (χ2n) is 4.07. The van der Waals surface area contributed by atoms with Gasteiger partial charge in [-0.25, -0.2) is 0 Å². The SMILES string of the molecule is NC1CC(NOC2CCCC2)C1. The van der Waals surface area contributed by atoms with Crippen molar-refractivity contribution in [1.82, 2.24) is 5.48 Å². The minimum Gasteiger partial charge on any atom is -0.328 e. The van der Waals surface area contributed by atoms with E-state index in [1.54, 1.807) is 0 Å². The zero-order chi connectivity index (χ0) is 8.39. The van der Waals surface area contributed by atoms with Crippen molar-refractivity contribution in [3.8, 4) is 0 Å². The van der Waals surface area contributed by atoms with E-state index in [-0.39, 0.29) is 0 Å². The lowest BCUT2D eigenvalue weighted by Gasteiger charge is -2.33. The van der Waals surface area contributed by atoms with Gasteiger partial charge >= 0.3 is 0 Å². The summed E-state index contributed by atoms with van der Waals surface area (Å²) >= 11 is 0. The van der Waals surface area contributed by atoms with Crippen LogP contribution in [0.5, 0.6) is 0 Å². The molecule has 0 aromatic rings. The molecule has 0 aromatic heterocycles. The highest BCUT2D eigenvalue weighted by Crippen LogP contribution is 2.22. The topological polar surface area (TPSA) is 47.3 Å². The van der Waals surface area contributed by atoms with E-state index in [0.29, 0.717) is 18.2 Å². The van der Waals surface area contributed by atoms with Gasteiger partial charge in [-0.15, -0.1) is 0 Å². The van der Waals surface area contributed by atoms with E-state index in [1.165, 1.54) is 25.7 Å². The molecule has 2 saturated carbocycles. The molecule has 0 amide bonds. The zero-order valence-corrected chi connectivity index (χ0v) is 7.46. The fourth-order valence-corrected chi connectivity index (χ4v) is 1.96. The fourth-order valence-electron chi connectivity index (χ4n) is 1.96. The van der Waals surface area contributed by atoms with Crippen LogP contribution < -0.4 is 11.2 Å². The van der Waals surface area contributed by atoms with E-state index in [2.05, 4.69) is 5.48 Å². The van der Waals surface area contributed by atoms with Crippen molar-refractivity contribution >= 4 is 0 Å². The summed E-state index contributed by atoms with van der Waals surface area (Å²) in [5, 5.41) is 0. The molecule has 0 unspecified atom stereocenters. The molecule has 0 saturated heterocycles. The van der Waals surface area contributed by atoms with E-state index in [9.17, 15) is 0 Å². The second kappa shape index (κ2) is 3.73. The monoisotopic (exact) mass is 170 g/mol. The molecule has 0 radical (unpaired) electrons. The molecule has 3 N–H and O–H groups in total. The minimum atomic E-state index is 0.412. The van der Waals surface area contributed by atoms with Crippen LogP contribution in [0.25, 0.3) is 0 Å². The Morgan fingerprint density at radius 1 is 1.17 bits per heavy atom. The van der Waals surface area contributed by atoms with E-state index < -0.39 is 0 Å². The van der Waals surface area contributed by atoms with E-state index >= 15 is 0 Å². The maximum atomic E-state index is 5.66. The average molecular weight is 170 g/mol. The maximum absolute atomic E-state index is 5.66. The highest BCUT2D eigenvalue weighted by atomic mass is 16.7. The Bertz CT molecular complexity index is 139. The number of hydroxylamine groups is 1. The molecule has 0 atom stereocenters. The number of hydrogen-bond acceptors (Lipinski definition) is 3. The van der Waals surface area contributed by atoms with Crippen molar-refractivity contribution in [2.75, 3.05) is 0 Å². The molecule has 3 heteroatoms. The molecular formula is C9H18N2O. The van der Waals surface area contributed by atoms with E-state index in [1.807, 2.05) is 0 Å². The Morgan fingerprint density at radius 2 is 1.83 bits per heavy atom. The van der Waals surface area contributed by atoms with Gasteiger partial charge < -0.3 is 5.73 Å². The highest BCUT2D eigenvalue weighted by Gasteiger charge is 2.27. The van der Waals surface area contributed by atoms with Crippen molar-refractivity contribution in [3.05, 3.63) is 0 Å². The predicted octanol–water partition coefficient (Wildman–Crippen LogP) is 0.940. The predicted molar refractivity (Wildman–Crippen MR) is 47.5 cm³/mol. The van der Waals surface area contributed by atoms with Crippen molar-refractivity contribution in [3.63, 3.8) is 0 Å². The van der Waals surface area contributed by atoms with Crippen molar-refractivity contribution in [2.24, 2.45) is 5.73 Å². The third kappa shape index (κ3) is 1.97. The molecule has 0 spiro atoms. The highest BCUT2D eigenvalue weighted by molar-refractivity contribution is 4.85. The Balaban J connectivity index is 1.56. The van der Waals surface area contributed by atoms with E-state index in [0.717, 1.165) is 12.8 Å². The fraction of sp³-hybridized carbons (Fsp3) is 1.00. The van der Waals surface area contributed by atoms with Crippen LogP contribution in [0, 0.1) is 0 Å². The first-order chi connectivity index (χ1) is 5.84.